The molecule has 1 aromatic heterocycles. The maximum absolute atomic E-state index is 12.6. The van der Waals surface area contributed by atoms with E-state index < -0.39 is 0 Å². The number of fused-ring (bicyclic) bond motifs is 1. The van der Waals surface area contributed by atoms with Crippen LogP contribution in [0.15, 0.2) is 6.07 Å². The Morgan fingerprint density at radius 3 is 2.71 bits per heavy atom. The molecule has 6 heteroatoms. The SMILES string of the molecule is CC(C)NC(=O)c1cc2n(n1)CCN(C(=O)CC1CCCCC1)C2. The third-order valence-corrected chi connectivity index (χ3v) is 4.99. The van der Waals surface area contributed by atoms with Crippen LogP contribution in [-0.2, 0) is 17.9 Å². The zero-order valence-electron chi connectivity index (χ0n) is 14.8. The molecule has 24 heavy (non-hydrogen) atoms. The van der Waals surface area contributed by atoms with Crippen LogP contribution in [0.5, 0.6) is 0 Å². The lowest BCUT2D eigenvalue weighted by Crippen LogP contribution is -2.39. The Morgan fingerprint density at radius 2 is 2.00 bits per heavy atom. The summed E-state index contributed by atoms with van der Waals surface area (Å²) in [7, 11) is 0. The molecule has 0 saturated heterocycles. The van der Waals surface area contributed by atoms with Crippen molar-refractivity contribution in [2.75, 3.05) is 6.54 Å². The summed E-state index contributed by atoms with van der Waals surface area (Å²) in [5.74, 6) is 0.667. The second kappa shape index (κ2) is 7.36. The van der Waals surface area contributed by atoms with Crippen molar-refractivity contribution in [3.8, 4) is 0 Å². The van der Waals surface area contributed by atoms with Crippen molar-refractivity contribution in [2.45, 2.75) is 71.5 Å². The number of carbonyl (C=O) groups is 2. The number of nitrogens with zero attached hydrogens (tertiary/aromatic N) is 3. The van der Waals surface area contributed by atoms with Crippen LogP contribution in [0.4, 0.5) is 0 Å². The fourth-order valence-corrected chi connectivity index (χ4v) is 3.69. The summed E-state index contributed by atoms with van der Waals surface area (Å²) in [4.78, 5) is 26.6. The first kappa shape index (κ1) is 17.0. The summed E-state index contributed by atoms with van der Waals surface area (Å²) in [6, 6.07) is 1.90. The average Bonchev–Trinajstić information content (AvgIpc) is 2.98. The van der Waals surface area contributed by atoms with E-state index in [-0.39, 0.29) is 17.9 Å². The van der Waals surface area contributed by atoms with Gasteiger partial charge in [-0.25, -0.2) is 0 Å². The molecule has 2 heterocycles. The Morgan fingerprint density at radius 1 is 1.25 bits per heavy atom. The molecule has 0 unspecified atom stereocenters. The number of hydrogen-bond acceptors (Lipinski definition) is 3. The van der Waals surface area contributed by atoms with Gasteiger partial charge >= 0.3 is 0 Å². The monoisotopic (exact) mass is 332 g/mol. The molecule has 2 amide bonds. The summed E-state index contributed by atoms with van der Waals surface area (Å²) < 4.78 is 1.86. The van der Waals surface area contributed by atoms with Gasteiger partial charge in [-0.05, 0) is 38.7 Å². The van der Waals surface area contributed by atoms with E-state index in [0.717, 1.165) is 5.69 Å². The first-order chi connectivity index (χ1) is 11.5. The second-order valence-corrected chi connectivity index (χ2v) is 7.40. The lowest BCUT2D eigenvalue weighted by molar-refractivity contribution is -0.134. The van der Waals surface area contributed by atoms with Crippen molar-refractivity contribution in [2.24, 2.45) is 5.92 Å². The van der Waals surface area contributed by atoms with E-state index in [1.807, 2.05) is 29.5 Å². The minimum absolute atomic E-state index is 0.0878. The van der Waals surface area contributed by atoms with Gasteiger partial charge in [-0.2, -0.15) is 5.10 Å². The molecule has 0 bridgehead atoms. The summed E-state index contributed by atoms with van der Waals surface area (Å²) in [6.07, 6.45) is 6.90. The first-order valence-electron chi connectivity index (χ1n) is 9.18. The van der Waals surface area contributed by atoms with E-state index >= 15 is 0 Å². The summed E-state index contributed by atoms with van der Waals surface area (Å²) >= 11 is 0. The van der Waals surface area contributed by atoms with E-state index in [0.29, 0.717) is 37.7 Å². The highest BCUT2D eigenvalue weighted by Crippen LogP contribution is 2.27. The smallest absolute Gasteiger partial charge is 0.271 e. The number of amides is 2. The highest BCUT2D eigenvalue weighted by molar-refractivity contribution is 5.92. The van der Waals surface area contributed by atoms with Crippen LogP contribution in [0.1, 0.15) is 68.6 Å². The fraction of sp³-hybridized carbons (Fsp3) is 0.722. The van der Waals surface area contributed by atoms with Gasteiger partial charge in [-0.15, -0.1) is 0 Å². The molecule has 0 spiro atoms. The van der Waals surface area contributed by atoms with Crippen LogP contribution < -0.4 is 5.32 Å². The summed E-state index contributed by atoms with van der Waals surface area (Å²) in [5.41, 5.74) is 1.40. The van der Waals surface area contributed by atoms with Crippen LogP contribution in [0.2, 0.25) is 0 Å². The zero-order chi connectivity index (χ0) is 17.1. The molecule has 2 aliphatic rings. The van der Waals surface area contributed by atoms with Gasteiger partial charge in [0.2, 0.25) is 5.91 Å². The standard InChI is InChI=1S/C18H28N4O2/c1-13(2)19-18(24)16-11-15-12-21(8-9-22(15)20-16)17(23)10-14-6-4-3-5-7-14/h11,13-14H,3-10,12H2,1-2H3,(H,19,24). The molecule has 132 valence electrons. The normalized spacial score (nSPS) is 18.5. The van der Waals surface area contributed by atoms with Crippen molar-refractivity contribution in [3.63, 3.8) is 0 Å². The molecule has 1 aromatic rings. The highest BCUT2D eigenvalue weighted by atomic mass is 16.2. The minimum Gasteiger partial charge on any atom is -0.348 e. The van der Waals surface area contributed by atoms with Gasteiger partial charge in [0.1, 0.15) is 0 Å². The molecule has 0 atom stereocenters. The Labute approximate surface area is 143 Å². The molecule has 6 nitrogen and oxygen atoms in total. The maximum Gasteiger partial charge on any atom is 0.271 e. The van der Waals surface area contributed by atoms with Crippen molar-refractivity contribution in [1.82, 2.24) is 20.0 Å². The molecular weight excluding hydrogens is 304 g/mol. The van der Waals surface area contributed by atoms with Crippen LogP contribution in [0.25, 0.3) is 0 Å². The largest absolute Gasteiger partial charge is 0.348 e. The van der Waals surface area contributed by atoms with Gasteiger partial charge in [-0.3, -0.25) is 14.3 Å². The number of hydrogen-bond donors (Lipinski definition) is 1. The van der Waals surface area contributed by atoms with Crippen molar-refractivity contribution < 1.29 is 9.59 Å². The molecule has 1 aliphatic carbocycles. The predicted octanol–water partition coefficient (Wildman–Crippen LogP) is 2.33. The van der Waals surface area contributed by atoms with E-state index in [4.69, 9.17) is 0 Å². The highest BCUT2D eigenvalue weighted by Gasteiger charge is 2.26. The summed E-state index contributed by atoms with van der Waals surface area (Å²) in [5, 5.41) is 7.24. The molecule has 1 aliphatic heterocycles. The molecule has 1 N–H and O–H groups in total. The fourth-order valence-electron chi connectivity index (χ4n) is 3.69. The van der Waals surface area contributed by atoms with Crippen molar-refractivity contribution >= 4 is 11.8 Å². The van der Waals surface area contributed by atoms with Gasteiger partial charge < -0.3 is 10.2 Å². The molecule has 0 radical (unpaired) electrons. The lowest BCUT2D eigenvalue weighted by atomic mass is 9.86. The number of rotatable bonds is 4. The molecule has 1 fully saturated rings. The minimum atomic E-state index is -0.146. The molecular formula is C18H28N4O2. The van der Waals surface area contributed by atoms with Crippen LogP contribution in [0, 0.1) is 5.92 Å². The summed E-state index contributed by atoms with van der Waals surface area (Å²) in [6.45, 7) is 5.78. The Hall–Kier alpha value is -1.85. The number of nitrogens with one attached hydrogen (secondary N) is 1. The lowest BCUT2D eigenvalue weighted by Gasteiger charge is -2.30. The third-order valence-electron chi connectivity index (χ3n) is 4.99. The zero-order valence-corrected chi connectivity index (χ0v) is 14.8. The van der Waals surface area contributed by atoms with Crippen LogP contribution in [-0.4, -0.2) is 39.1 Å². The Balaban J connectivity index is 1.60. The van der Waals surface area contributed by atoms with E-state index in [1.54, 1.807) is 0 Å². The Bertz CT molecular complexity index is 602. The number of aromatic nitrogens is 2. The van der Waals surface area contributed by atoms with Crippen molar-refractivity contribution in [3.05, 3.63) is 17.5 Å². The topological polar surface area (TPSA) is 67.2 Å². The predicted molar refractivity (Wildman–Crippen MR) is 91.4 cm³/mol. The van der Waals surface area contributed by atoms with E-state index in [9.17, 15) is 9.59 Å². The van der Waals surface area contributed by atoms with Gasteiger partial charge in [0.05, 0.1) is 18.8 Å². The van der Waals surface area contributed by atoms with Crippen molar-refractivity contribution in [1.29, 1.82) is 0 Å². The van der Waals surface area contributed by atoms with Crippen LogP contribution in [0.3, 0.4) is 0 Å². The molecule has 0 aromatic carbocycles. The first-order valence-corrected chi connectivity index (χ1v) is 9.18. The second-order valence-electron chi connectivity index (χ2n) is 7.40. The third kappa shape index (κ3) is 3.97. The quantitative estimate of drug-likeness (QED) is 0.920. The van der Waals surface area contributed by atoms with Crippen LogP contribution >= 0.6 is 0 Å². The van der Waals surface area contributed by atoms with E-state index in [2.05, 4.69) is 10.4 Å². The van der Waals surface area contributed by atoms with Gasteiger partial charge in [0.15, 0.2) is 5.69 Å². The Kier molecular flexibility index (Phi) is 5.21. The number of carbonyl (C=O) groups excluding carboxylic acids is 2. The van der Waals surface area contributed by atoms with Gasteiger partial charge in [0.25, 0.3) is 5.91 Å². The molecule has 1 saturated carbocycles. The average molecular weight is 332 g/mol. The maximum atomic E-state index is 12.6. The van der Waals surface area contributed by atoms with Gasteiger partial charge in [0, 0.05) is 19.0 Å². The van der Waals surface area contributed by atoms with E-state index in [1.165, 1.54) is 32.1 Å². The van der Waals surface area contributed by atoms with Gasteiger partial charge in [-0.1, -0.05) is 19.3 Å². The molecule has 3 rings (SSSR count).